The van der Waals surface area contributed by atoms with Gasteiger partial charge in [-0.1, -0.05) is 6.08 Å². The highest BCUT2D eigenvalue weighted by Crippen LogP contribution is 2.39. The predicted molar refractivity (Wildman–Crippen MR) is 79.5 cm³/mol. The topological polar surface area (TPSA) is 39.4 Å². The standard InChI is InChI=1S/C17H18O3/c1-5-9(2)14-8-12-7-13-10(3)6-15(18)20-17(13)11(4)16(12)19-14/h5-7,14H,8H2,1-4H3/b9-5+. The van der Waals surface area contributed by atoms with Gasteiger partial charge in [-0.05, 0) is 50.5 Å². The average molecular weight is 270 g/mol. The summed E-state index contributed by atoms with van der Waals surface area (Å²) < 4.78 is 11.4. The first-order valence-corrected chi connectivity index (χ1v) is 6.87. The van der Waals surface area contributed by atoms with Gasteiger partial charge in [-0.15, -0.1) is 0 Å². The molecule has 0 radical (unpaired) electrons. The second-order valence-corrected chi connectivity index (χ2v) is 5.46. The molecular formula is C17H18O3. The molecular weight excluding hydrogens is 252 g/mol. The highest BCUT2D eigenvalue weighted by molar-refractivity contribution is 5.86. The second kappa shape index (κ2) is 4.51. The Morgan fingerprint density at radius 2 is 2.10 bits per heavy atom. The molecule has 1 aliphatic rings. The van der Waals surface area contributed by atoms with Crippen LogP contribution in [0.4, 0.5) is 0 Å². The van der Waals surface area contributed by atoms with E-state index in [0.29, 0.717) is 5.58 Å². The summed E-state index contributed by atoms with van der Waals surface area (Å²) in [7, 11) is 0. The fourth-order valence-corrected chi connectivity index (χ4v) is 2.80. The Labute approximate surface area is 117 Å². The van der Waals surface area contributed by atoms with Crippen LogP contribution in [0.25, 0.3) is 11.0 Å². The van der Waals surface area contributed by atoms with Crippen LogP contribution in [0.2, 0.25) is 0 Å². The molecule has 0 amide bonds. The molecule has 0 fully saturated rings. The molecule has 104 valence electrons. The Balaban J connectivity index is 2.23. The summed E-state index contributed by atoms with van der Waals surface area (Å²) in [5, 5.41) is 1.00. The molecule has 1 atom stereocenters. The van der Waals surface area contributed by atoms with Gasteiger partial charge in [0.15, 0.2) is 0 Å². The van der Waals surface area contributed by atoms with Crippen LogP contribution >= 0.6 is 0 Å². The molecule has 0 saturated heterocycles. The van der Waals surface area contributed by atoms with E-state index in [1.807, 2.05) is 20.8 Å². The van der Waals surface area contributed by atoms with Gasteiger partial charge in [-0.3, -0.25) is 0 Å². The van der Waals surface area contributed by atoms with Crippen LogP contribution in [0.5, 0.6) is 5.75 Å². The van der Waals surface area contributed by atoms with Gasteiger partial charge in [0.05, 0.1) is 0 Å². The van der Waals surface area contributed by atoms with Crippen molar-refractivity contribution in [1.82, 2.24) is 0 Å². The summed E-state index contributed by atoms with van der Waals surface area (Å²) in [5.41, 5.74) is 4.63. The highest BCUT2D eigenvalue weighted by Gasteiger charge is 2.27. The van der Waals surface area contributed by atoms with E-state index in [1.165, 1.54) is 11.1 Å². The Hall–Kier alpha value is -2.03. The molecule has 2 heterocycles. The van der Waals surface area contributed by atoms with Crippen molar-refractivity contribution in [2.75, 3.05) is 0 Å². The molecule has 20 heavy (non-hydrogen) atoms. The highest BCUT2D eigenvalue weighted by atomic mass is 16.5. The maximum Gasteiger partial charge on any atom is 0.336 e. The molecule has 2 aromatic rings. The Morgan fingerprint density at radius 1 is 1.35 bits per heavy atom. The van der Waals surface area contributed by atoms with Crippen molar-refractivity contribution < 1.29 is 9.15 Å². The monoisotopic (exact) mass is 270 g/mol. The maximum atomic E-state index is 11.6. The normalized spacial score (nSPS) is 18.2. The number of allylic oxidation sites excluding steroid dienone is 1. The van der Waals surface area contributed by atoms with E-state index in [0.717, 1.165) is 28.7 Å². The summed E-state index contributed by atoms with van der Waals surface area (Å²) in [6.45, 7) is 8.00. The van der Waals surface area contributed by atoms with Gasteiger partial charge >= 0.3 is 5.63 Å². The molecule has 0 saturated carbocycles. The minimum atomic E-state index is -0.308. The fourth-order valence-electron chi connectivity index (χ4n) is 2.80. The molecule has 1 aliphatic heterocycles. The third-order valence-corrected chi connectivity index (χ3v) is 4.13. The quantitative estimate of drug-likeness (QED) is 0.586. The van der Waals surface area contributed by atoms with Crippen molar-refractivity contribution in [3.63, 3.8) is 0 Å². The van der Waals surface area contributed by atoms with Gasteiger partial charge < -0.3 is 9.15 Å². The third kappa shape index (κ3) is 1.85. The van der Waals surface area contributed by atoms with Crippen molar-refractivity contribution in [2.24, 2.45) is 0 Å². The number of hydrogen-bond acceptors (Lipinski definition) is 3. The molecule has 3 nitrogen and oxygen atoms in total. The smallest absolute Gasteiger partial charge is 0.336 e. The largest absolute Gasteiger partial charge is 0.485 e. The van der Waals surface area contributed by atoms with E-state index in [2.05, 4.69) is 19.1 Å². The third-order valence-electron chi connectivity index (χ3n) is 4.13. The zero-order chi connectivity index (χ0) is 14.4. The van der Waals surface area contributed by atoms with Gasteiger partial charge in [0.2, 0.25) is 0 Å². The first kappa shape index (κ1) is 13.0. The van der Waals surface area contributed by atoms with E-state index in [4.69, 9.17) is 9.15 Å². The molecule has 1 unspecified atom stereocenters. The summed E-state index contributed by atoms with van der Waals surface area (Å²) >= 11 is 0. The van der Waals surface area contributed by atoms with Crippen molar-refractivity contribution in [3.05, 3.63) is 50.9 Å². The molecule has 1 aromatic heterocycles. The van der Waals surface area contributed by atoms with E-state index in [-0.39, 0.29) is 11.7 Å². The number of rotatable bonds is 1. The van der Waals surface area contributed by atoms with Crippen LogP contribution in [-0.4, -0.2) is 6.10 Å². The SMILES string of the molecule is C/C=C(\C)C1Cc2cc3c(C)cc(=O)oc3c(C)c2O1. The predicted octanol–water partition coefficient (Wildman–Crippen LogP) is 3.68. The van der Waals surface area contributed by atoms with Gasteiger partial charge in [0.1, 0.15) is 17.4 Å². The fraction of sp³-hybridized carbons (Fsp3) is 0.353. The lowest BCUT2D eigenvalue weighted by Crippen LogP contribution is -2.14. The van der Waals surface area contributed by atoms with E-state index >= 15 is 0 Å². The first-order chi connectivity index (χ1) is 9.51. The summed E-state index contributed by atoms with van der Waals surface area (Å²) in [6, 6.07) is 3.64. The van der Waals surface area contributed by atoms with Crippen LogP contribution in [0.3, 0.4) is 0 Å². The second-order valence-electron chi connectivity index (χ2n) is 5.46. The van der Waals surface area contributed by atoms with E-state index in [9.17, 15) is 4.79 Å². The van der Waals surface area contributed by atoms with Crippen LogP contribution < -0.4 is 10.4 Å². The molecule has 3 rings (SSSR count). The first-order valence-electron chi connectivity index (χ1n) is 6.87. The van der Waals surface area contributed by atoms with E-state index in [1.54, 1.807) is 6.07 Å². The minimum Gasteiger partial charge on any atom is -0.485 e. The molecule has 1 aromatic carbocycles. The van der Waals surface area contributed by atoms with E-state index < -0.39 is 0 Å². The van der Waals surface area contributed by atoms with Crippen LogP contribution in [0, 0.1) is 13.8 Å². The Bertz CT molecular complexity index is 781. The molecule has 0 spiro atoms. The molecule has 0 N–H and O–H groups in total. The number of benzene rings is 1. The summed E-state index contributed by atoms with van der Waals surface area (Å²) in [4.78, 5) is 11.6. The zero-order valence-electron chi connectivity index (χ0n) is 12.2. The lowest BCUT2D eigenvalue weighted by Gasteiger charge is -2.12. The van der Waals surface area contributed by atoms with Gasteiger partial charge in [-0.25, -0.2) is 4.79 Å². The number of hydrogen-bond donors (Lipinski definition) is 0. The van der Waals surface area contributed by atoms with Crippen LogP contribution in [0.15, 0.2) is 33.0 Å². The Morgan fingerprint density at radius 3 is 2.80 bits per heavy atom. The maximum absolute atomic E-state index is 11.6. The lowest BCUT2D eigenvalue weighted by atomic mass is 9.99. The van der Waals surface area contributed by atoms with Crippen molar-refractivity contribution >= 4 is 11.0 Å². The summed E-state index contributed by atoms with van der Waals surface area (Å²) in [5.74, 6) is 0.873. The van der Waals surface area contributed by atoms with Crippen LogP contribution in [-0.2, 0) is 6.42 Å². The average Bonchev–Trinajstić information content (AvgIpc) is 2.84. The molecule has 0 aliphatic carbocycles. The Kier molecular flexibility index (Phi) is 2.93. The van der Waals surface area contributed by atoms with Crippen LogP contribution in [0.1, 0.15) is 30.5 Å². The van der Waals surface area contributed by atoms with Gasteiger partial charge in [0.25, 0.3) is 0 Å². The lowest BCUT2D eigenvalue weighted by molar-refractivity contribution is 0.268. The number of fused-ring (bicyclic) bond motifs is 2. The summed E-state index contributed by atoms with van der Waals surface area (Å²) in [6.07, 6.45) is 3.05. The molecule has 0 bridgehead atoms. The van der Waals surface area contributed by atoms with Crippen molar-refractivity contribution in [1.29, 1.82) is 0 Å². The van der Waals surface area contributed by atoms with Crippen molar-refractivity contribution in [3.8, 4) is 5.75 Å². The zero-order valence-corrected chi connectivity index (χ0v) is 12.2. The molecule has 3 heteroatoms. The van der Waals surface area contributed by atoms with Gasteiger partial charge in [-0.2, -0.15) is 0 Å². The minimum absolute atomic E-state index is 0.0949. The number of aryl methyl sites for hydroxylation is 2. The van der Waals surface area contributed by atoms with Gasteiger partial charge in [0, 0.05) is 23.4 Å². The number of ether oxygens (including phenoxy) is 1. The van der Waals surface area contributed by atoms with Crippen molar-refractivity contribution in [2.45, 2.75) is 40.2 Å².